The number of aromatic hydroxyl groups is 5. The quantitative estimate of drug-likeness (QED) is 0.0533. The van der Waals surface area contributed by atoms with Crippen molar-refractivity contribution >= 4 is 23.6 Å². The molecule has 0 aliphatic carbocycles. The van der Waals surface area contributed by atoms with Crippen LogP contribution in [-0.4, -0.2) is 98.0 Å². The maximum Gasteiger partial charge on any atom is 0.255 e. The molecule has 0 aliphatic rings. The van der Waals surface area contributed by atoms with Crippen LogP contribution in [0.2, 0.25) is 0 Å². The zero-order chi connectivity index (χ0) is 38.3. The third-order valence-electron chi connectivity index (χ3n) is 8.11. The van der Waals surface area contributed by atoms with Gasteiger partial charge in [-0.1, -0.05) is 48.5 Å². The Bertz CT molecular complexity index is 1890. The average molecular weight is 731 g/mol. The van der Waals surface area contributed by atoms with E-state index >= 15 is 0 Å². The molecule has 0 unspecified atom stereocenters. The van der Waals surface area contributed by atoms with Crippen LogP contribution in [0.3, 0.4) is 0 Å². The number of phenols is 5. The topological polar surface area (TPSA) is 238 Å². The molecule has 0 saturated heterocycles. The molecule has 15 nitrogen and oxygen atoms in total. The minimum absolute atomic E-state index is 0.0353. The van der Waals surface area contributed by atoms with Crippen molar-refractivity contribution in [1.29, 1.82) is 0 Å². The maximum absolute atomic E-state index is 13.6. The van der Waals surface area contributed by atoms with Crippen LogP contribution < -0.4 is 20.7 Å². The number of carbonyl (C=O) groups is 4. The Labute approximate surface area is 305 Å². The van der Waals surface area contributed by atoms with Gasteiger partial charge in [-0.2, -0.15) is 0 Å². The molecule has 4 amide bonds. The molecule has 0 bridgehead atoms. The Balaban J connectivity index is 1.36. The summed E-state index contributed by atoms with van der Waals surface area (Å²) in [6.45, 7) is -0.226. The van der Waals surface area contributed by atoms with E-state index in [0.29, 0.717) is 12.8 Å². The zero-order valence-electron chi connectivity index (χ0n) is 28.7. The monoisotopic (exact) mass is 730 g/mol. The second kappa shape index (κ2) is 19.2. The summed E-state index contributed by atoms with van der Waals surface area (Å²) in [4.78, 5) is 53.5. The lowest BCUT2D eigenvalue weighted by Crippen LogP contribution is -2.51. The third kappa shape index (κ3) is 10.8. The van der Waals surface area contributed by atoms with Gasteiger partial charge in [0.2, 0.25) is 5.91 Å². The predicted molar refractivity (Wildman–Crippen MR) is 192 cm³/mol. The summed E-state index contributed by atoms with van der Waals surface area (Å²) in [5.41, 5.74) is 0.536. The predicted octanol–water partition coefficient (Wildman–Crippen LogP) is 2.74. The number of nitrogens with one attached hydrogen (secondary N) is 3. The number of phenolic OH excluding ortho intramolecular Hbond substituents is 5. The van der Waals surface area contributed by atoms with Crippen molar-refractivity contribution in [2.45, 2.75) is 31.9 Å². The number of rotatable bonds is 18. The Morgan fingerprint density at radius 3 is 1.75 bits per heavy atom. The smallest absolute Gasteiger partial charge is 0.255 e. The maximum atomic E-state index is 13.6. The van der Waals surface area contributed by atoms with Gasteiger partial charge in [-0.3, -0.25) is 19.2 Å². The number of carbonyl (C=O) groups excluding carboxylic acids is 4. The van der Waals surface area contributed by atoms with Gasteiger partial charge in [-0.15, -0.1) is 0 Å². The van der Waals surface area contributed by atoms with E-state index in [1.54, 1.807) is 0 Å². The normalized spacial score (nSPS) is 11.3. The summed E-state index contributed by atoms with van der Waals surface area (Å²) in [6, 6.07) is 20.0. The van der Waals surface area contributed by atoms with Crippen LogP contribution in [0.4, 0.5) is 0 Å². The van der Waals surface area contributed by atoms with Crippen LogP contribution >= 0.6 is 0 Å². The van der Waals surface area contributed by atoms with Crippen molar-refractivity contribution in [2.24, 2.45) is 0 Å². The molecule has 0 aliphatic heterocycles. The van der Waals surface area contributed by atoms with Crippen molar-refractivity contribution in [3.63, 3.8) is 0 Å². The average Bonchev–Trinajstić information content (AvgIpc) is 3.15. The number of unbranched alkanes of at least 4 members (excludes halogenated alkanes) is 1. The molecule has 280 valence electrons. The third-order valence-corrected chi connectivity index (χ3v) is 8.11. The Morgan fingerprint density at radius 1 is 0.604 bits per heavy atom. The highest BCUT2D eigenvalue weighted by molar-refractivity contribution is 6.00. The number of nitrogens with zero attached hydrogens (tertiary/aromatic N) is 1. The summed E-state index contributed by atoms with van der Waals surface area (Å²) in [6.07, 6.45) is 0.984. The Kier molecular flexibility index (Phi) is 14.3. The number of para-hydroxylation sites is 3. The first-order valence-corrected chi connectivity index (χ1v) is 16.8. The second-order valence-corrected chi connectivity index (χ2v) is 11.9. The van der Waals surface area contributed by atoms with Gasteiger partial charge in [-0.05, 0) is 61.2 Å². The fourth-order valence-electron chi connectivity index (χ4n) is 5.28. The van der Waals surface area contributed by atoms with Crippen LogP contribution in [0.5, 0.6) is 34.5 Å². The molecule has 53 heavy (non-hydrogen) atoms. The number of amides is 4. The fraction of sp³-hybridized carbons (Fsp3) is 0.263. The van der Waals surface area contributed by atoms with Gasteiger partial charge in [-0.25, -0.2) is 0 Å². The SMILES string of the molecule is O=C(NCCCN(CCCCNC(=O)c1cccc(O)c1OCc1ccccc1)C(=O)[C@H](CO)NC(=O)c1cccc(O)c1O)c1cccc(O)c1O. The minimum Gasteiger partial charge on any atom is -0.504 e. The van der Waals surface area contributed by atoms with E-state index in [0.717, 1.165) is 5.56 Å². The highest BCUT2D eigenvalue weighted by Gasteiger charge is 2.27. The number of aliphatic hydroxyl groups excluding tert-OH is 1. The zero-order valence-corrected chi connectivity index (χ0v) is 28.7. The van der Waals surface area contributed by atoms with E-state index in [4.69, 9.17) is 4.74 Å². The van der Waals surface area contributed by atoms with Crippen molar-refractivity contribution in [2.75, 3.05) is 32.8 Å². The lowest BCUT2D eigenvalue weighted by molar-refractivity contribution is -0.134. The molecule has 9 N–H and O–H groups in total. The van der Waals surface area contributed by atoms with E-state index in [9.17, 15) is 49.8 Å². The molecule has 4 aromatic carbocycles. The van der Waals surface area contributed by atoms with Gasteiger partial charge < -0.3 is 56.2 Å². The lowest BCUT2D eigenvalue weighted by Gasteiger charge is -2.27. The summed E-state index contributed by atoms with van der Waals surface area (Å²) < 4.78 is 5.78. The minimum atomic E-state index is -1.43. The highest BCUT2D eigenvalue weighted by Crippen LogP contribution is 2.31. The molecule has 0 spiro atoms. The fourth-order valence-corrected chi connectivity index (χ4v) is 5.28. The van der Waals surface area contributed by atoms with Crippen molar-refractivity contribution < 1.29 is 54.6 Å². The van der Waals surface area contributed by atoms with Crippen molar-refractivity contribution in [1.82, 2.24) is 20.9 Å². The summed E-state index contributed by atoms with van der Waals surface area (Å²) >= 11 is 0. The van der Waals surface area contributed by atoms with Gasteiger partial charge in [0.15, 0.2) is 34.5 Å². The number of ether oxygens (including phenoxy) is 1. The van der Waals surface area contributed by atoms with Gasteiger partial charge in [0.1, 0.15) is 12.6 Å². The standard InChI is InChI=1S/C38H42N4O11/c43-22-28(41-37(51)26-13-7-16-30(45)33(26)48)38(52)42(21-9-19-40-35(49)25-12-6-15-29(44)32(25)47)20-5-4-18-39-36(50)27-14-8-17-31(46)34(27)53-23-24-10-2-1-3-11-24/h1-3,6-8,10-17,28,43-48H,4-5,9,18-23H2,(H,39,50)(H,40,49)(H,41,51)/t28-/m0/s1. The molecule has 0 aromatic heterocycles. The molecular weight excluding hydrogens is 688 g/mol. The largest absolute Gasteiger partial charge is 0.504 e. The molecule has 0 saturated carbocycles. The van der Waals surface area contributed by atoms with Crippen LogP contribution in [0, 0.1) is 0 Å². The van der Waals surface area contributed by atoms with E-state index in [1.807, 2.05) is 30.3 Å². The van der Waals surface area contributed by atoms with Crippen molar-refractivity contribution in [3.8, 4) is 34.5 Å². The lowest BCUT2D eigenvalue weighted by atomic mass is 10.1. The first-order chi connectivity index (χ1) is 25.5. The molecule has 15 heteroatoms. The highest BCUT2D eigenvalue weighted by atomic mass is 16.5. The van der Waals surface area contributed by atoms with Crippen LogP contribution in [0.15, 0.2) is 84.9 Å². The molecule has 0 heterocycles. The van der Waals surface area contributed by atoms with Crippen molar-refractivity contribution in [3.05, 3.63) is 107 Å². The van der Waals surface area contributed by atoms with E-state index in [1.165, 1.54) is 59.5 Å². The molecule has 4 aromatic rings. The van der Waals surface area contributed by atoms with Gasteiger partial charge >= 0.3 is 0 Å². The Hall–Kier alpha value is -6.48. The number of hydrogen-bond donors (Lipinski definition) is 9. The number of benzene rings is 4. The number of aliphatic hydroxyl groups is 1. The summed E-state index contributed by atoms with van der Waals surface area (Å²) in [5.74, 6) is -5.14. The van der Waals surface area contributed by atoms with Gasteiger partial charge in [0.05, 0.1) is 23.3 Å². The van der Waals surface area contributed by atoms with E-state index in [-0.39, 0.29) is 67.4 Å². The first-order valence-electron chi connectivity index (χ1n) is 16.8. The number of hydrogen-bond acceptors (Lipinski definition) is 11. The van der Waals surface area contributed by atoms with Gasteiger partial charge in [0.25, 0.3) is 17.7 Å². The van der Waals surface area contributed by atoms with E-state index < -0.39 is 59.3 Å². The van der Waals surface area contributed by atoms with Crippen LogP contribution in [0.1, 0.15) is 55.9 Å². The molecule has 1 atom stereocenters. The first kappa shape index (κ1) is 39.3. The van der Waals surface area contributed by atoms with Gasteiger partial charge in [0, 0.05) is 26.2 Å². The van der Waals surface area contributed by atoms with E-state index in [2.05, 4.69) is 16.0 Å². The molecular formula is C38H42N4O11. The molecule has 4 rings (SSSR count). The van der Waals surface area contributed by atoms with Crippen LogP contribution in [0.25, 0.3) is 0 Å². The summed E-state index contributed by atoms with van der Waals surface area (Å²) in [7, 11) is 0. The molecule has 0 fully saturated rings. The van der Waals surface area contributed by atoms with Crippen LogP contribution in [-0.2, 0) is 11.4 Å². The molecule has 0 radical (unpaired) electrons. The second-order valence-electron chi connectivity index (χ2n) is 11.9. The summed E-state index contributed by atoms with van der Waals surface area (Å²) in [5, 5.41) is 67.8. The Morgan fingerprint density at radius 2 is 1.13 bits per heavy atom.